The number of amides is 1. The van der Waals surface area contributed by atoms with Crippen LogP contribution in [0.25, 0.3) is 0 Å². The Morgan fingerprint density at radius 3 is 2.45 bits per heavy atom. The van der Waals surface area contributed by atoms with Crippen molar-refractivity contribution in [2.24, 2.45) is 5.73 Å². The topological polar surface area (TPSA) is 55.1 Å². The lowest BCUT2D eigenvalue weighted by Gasteiger charge is -2.24. The van der Waals surface area contributed by atoms with Gasteiger partial charge in [0.05, 0.1) is 5.41 Å². The molecular weight excluding hydrogens is 276 g/mol. The quantitative estimate of drug-likeness (QED) is 0.841. The van der Waals surface area contributed by atoms with E-state index in [1.54, 1.807) is 13.8 Å². The Labute approximate surface area is 113 Å². The molecule has 3 nitrogen and oxygen atoms in total. The summed E-state index contributed by atoms with van der Waals surface area (Å²) in [4.78, 5) is 11.7. The first-order valence-corrected chi connectivity index (χ1v) is 5.96. The van der Waals surface area contributed by atoms with Gasteiger partial charge in [-0.1, -0.05) is 12.1 Å². The van der Waals surface area contributed by atoms with Gasteiger partial charge in [-0.05, 0) is 31.0 Å². The highest BCUT2D eigenvalue weighted by Crippen LogP contribution is 2.41. The monoisotopic (exact) mass is 290 g/mol. The first kappa shape index (κ1) is 14.8. The number of hydrogen-bond donors (Lipinski definition) is 2. The molecule has 1 heterocycles. The zero-order valence-electron chi connectivity index (χ0n) is 10.9. The number of alkyl halides is 4. The molecule has 1 aromatic rings. The molecular formula is C13H14F4N2O. The molecule has 7 heteroatoms. The van der Waals surface area contributed by atoms with Crippen LogP contribution in [0.2, 0.25) is 0 Å². The maximum atomic E-state index is 13.3. The van der Waals surface area contributed by atoms with Crippen LogP contribution in [0.4, 0.5) is 23.2 Å². The second-order valence-corrected chi connectivity index (χ2v) is 5.34. The number of hydrogen-bond acceptors (Lipinski definition) is 2. The van der Waals surface area contributed by atoms with Crippen molar-refractivity contribution in [2.75, 3.05) is 5.32 Å². The van der Waals surface area contributed by atoms with Crippen molar-refractivity contribution in [2.45, 2.75) is 37.7 Å². The molecule has 0 bridgehead atoms. The lowest BCUT2D eigenvalue weighted by atomic mass is 9.84. The predicted molar refractivity (Wildman–Crippen MR) is 66.0 cm³/mol. The zero-order chi connectivity index (χ0) is 15.3. The fourth-order valence-corrected chi connectivity index (χ4v) is 2.14. The summed E-state index contributed by atoms with van der Waals surface area (Å²) in [6, 6.07) is 1.79. The summed E-state index contributed by atoms with van der Waals surface area (Å²) in [5, 5.41) is 2.60. The minimum atomic E-state index is -4.32. The Bertz CT molecular complexity index is 557. The molecule has 1 aliphatic rings. The zero-order valence-corrected chi connectivity index (χ0v) is 10.9. The van der Waals surface area contributed by atoms with Crippen molar-refractivity contribution in [3.8, 4) is 0 Å². The number of nitrogens with two attached hydrogens (primary N) is 1. The van der Waals surface area contributed by atoms with E-state index in [-0.39, 0.29) is 11.5 Å². The van der Waals surface area contributed by atoms with E-state index in [1.807, 2.05) is 0 Å². The third-order valence-electron chi connectivity index (χ3n) is 3.60. The van der Waals surface area contributed by atoms with Gasteiger partial charge in [-0.25, -0.2) is 8.78 Å². The van der Waals surface area contributed by atoms with Gasteiger partial charge in [0.2, 0.25) is 5.91 Å². The molecule has 1 unspecified atom stereocenters. The summed E-state index contributed by atoms with van der Waals surface area (Å²) in [6.45, 7) is 3.24. The average Bonchev–Trinajstić information content (AvgIpc) is 2.59. The summed E-state index contributed by atoms with van der Waals surface area (Å²) < 4.78 is 51.3. The van der Waals surface area contributed by atoms with Crippen LogP contribution in [-0.4, -0.2) is 18.3 Å². The van der Waals surface area contributed by atoms with Crippen molar-refractivity contribution in [1.29, 1.82) is 0 Å². The second kappa shape index (κ2) is 4.44. The van der Waals surface area contributed by atoms with E-state index in [4.69, 9.17) is 5.73 Å². The van der Waals surface area contributed by atoms with E-state index in [0.29, 0.717) is 11.3 Å². The van der Waals surface area contributed by atoms with Gasteiger partial charge in [-0.3, -0.25) is 4.79 Å². The molecule has 0 saturated carbocycles. The molecule has 1 amide bonds. The van der Waals surface area contributed by atoms with Crippen LogP contribution in [0.1, 0.15) is 31.0 Å². The molecule has 0 aromatic heterocycles. The van der Waals surface area contributed by atoms with Crippen LogP contribution < -0.4 is 11.1 Å². The fourth-order valence-electron chi connectivity index (χ4n) is 2.14. The second-order valence-electron chi connectivity index (χ2n) is 5.34. The van der Waals surface area contributed by atoms with Crippen molar-refractivity contribution < 1.29 is 22.4 Å². The Kier molecular flexibility index (Phi) is 3.28. The number of halogens is 4. The molecule has 1 aromatic carbocycles. The smallest absolute Gasteiger partial charge is 0.325 e. The first-order chi connectivity index (χ1) is 9.08. The molecule has 3 N–H and O–H groups in total. The molecule has 110 valence electrons. The minimum Gasteiger partial charge on any atom is -0.325 e. The van der Waals surface area contributed by atoms with Crippen LogP contribution >= 0.6 is 0 Å². The third kappa shape index (κ3) is 2.06. The summed E-state index contributed by atoms with van der Waals surface area (Å²) >= 11 is 0. The van der Waals surface area contributed by atoms with Crippen LogP contribution in [0.15, 0.2) is 18.2 Å². The number of anilines is 1. The van der Waals surface area contributed by atoms with Crippen molar-refractivity contribution in [1.82, 2.24) is 0 Å². The number of benzene rings is 1. The summed E-state index contributed by atoms with van der Waals surface area (Å²) in [7, 11) is 0. The highest BCUT2D eigenvalue weighted by Gasteiger charge is 2.48. The number of nitrogens with one attached hydrogen (secondary N) is 1. The lowest BCUT2D eigenvalue weighted by molar-refractivity contribution is -0.144. The highest BCUT2D eigenvalue weighted by molar-refractivity contribution is 6.05. The maximum Gasteiger partial charge on any atom is 0.326 e. The SMILES string of the molecule is CC1(C)C(=O)Nc2ccc(C(N)C(F)(F)C(F)F)cc21. The van der Waals surface area contributed by atoms with Crippen LogP contribution in [-0.2, 0) is 10.2 Å². The van der Waals surface area contributed by atoms with E-state index < -0.39 is 23.8 Å². The van der Waals surface area contributed by atoms with Crippen LogP contribution in [0, 0.1) is 0 Å². The number of carbonyl (C=O) groups is 1. The normalized spacial score (nSPS) is 18.9. The molecule has 1 aliphatic heterocycles. The van der Waals surface area contributed by atoms with E-state index >= 15 is 0 Å². The Morgan fingerprint density at radius 2 is 1.90 bits per heavy atom. The number of carbonyl (C=O) groups excluding carboxylic acids is 1. The van der Waals surface area contributed by atoms with Crippen molar-refractivity contribution >= 4 is 11.6 Å². The van der Waals surface area contributed by atoms with Gasteiger partial charge in [0.1, 0.15) is 6.04 Å². The van der Waals surface area contributed by atoms with Crippen LogP contribution in [0.3, 0.4) is 0 Å². The van der Waals surface area contributed by atoms with E-state index in [0.717, 1.165) is 0 Å². The summed E-state index contributed by atoms with van der Waals surface area (Å²) in [5.74, 6) is -4.60. The molecule has 0 spiro atoms. The molecule has 0 saturated heterocycles. The van der Waals surface area contributed by atoms with Gasteiger partial charge < -0.3 is 11.1 Å². The Balaban J connectivity index is 2.44. The van der Waals surface area contributed by atoms with Crippen molar-refractivity contribution in [3.63, 3.8) is 0 Å². The van der Waals surface area contributed by atoms with E-state index in [9.17, 15) is 22.4 Å². The van der Waals surface area contributed by atoms with E-state index in [2.05, 4.69) is 5.32 Å². The molecule has 2 rings (SSSR count). The van der Waals surface area contributed by atoms with E-state index in [1.165, 1.54) is 18.2 Å². The number of rotatable bonds is 3. The maximum absolute atomic E-state index is 13.3. The van der Waals surface area contributed by atoms with Gasteiger partial charge >= 0.3 is 12.3 Å². The molecule has 0 fully saturated rings. The van der Waals surface area contributed by atoms with Gasteiger partial charge in [0.15, 0.2) is 0 Å². The standard InChI is InChI=1S/C13H14F4N2O/c1-12(2)7-5-6(3-4-8(7)19-11(12)20)9(18)13(16,17)10(14)15/h3-5,9-10H,18H2,1-2H3,(H,19,20). The Hall–Kier alpha value is -1.63. The van der Waals surface area contributed by atoms with Crippen LogP contribution in [0.5, 0.6) is 0 Å². The molecule has 20 heavy (non-hydrogen) atoms. The molecule has 0 aliphatic carbocycles. The lowest BCUT2D eigenvalue weighted by Crippen LogP contribution is -2.39. The molecule has 0 radical (unpaired) electrons. The first-order valence-electron chi connectivity index (χ1n) is 5.96. The van der Waals surface area contributed by atoms with Gasteiger partial charge in [0.25, 0.3) is 0 Å². The fraction of sp³-hybridized carbons (Fsp3) is 0.462. The summed E-state index contributed by atoms with van der Waals surface area (Å²) in [6.07, 6.45) is -3.85. The minimum absolute atomic E-state index is 0.126. The number of fused-ring (bicyclic) bond motifs is 1. The van der Waals surface area contributed by atoms with Gasteiger partial charge in [0, 0.05) is 5.69 Å². The summed E-state index contributed by atoms with van der Waals surface area (Å²) in [5.41, 5.74) is 5.17. The largest absolute Gasteiger partial charge is 0.326 e. The predicted octanol–water partition coefficient (Wildman–Crippen LogP) is 2.82. The van der Waals surface area contributed by atoms with Crippen molar-refractivity contribution in [3.05, 3.63) is 29.3 Å². The Morgan fingerprint density at radius 1 is 1.30 bits per heavy atom. The highest BCUT2D eigenvalue weighted by atomic mass is 19.3. The molecule has 1 atom stereocenters. The van der Waals surface area contributed by atoms with Gasteiger partial charge in [-0.15, -0.1) is 0 Å². The average molecular weight is 290 g/mol. The third-order valence-corrected chi connectivity index (χ3v) is 3.60. The van der Waals surface area contributed by atoms with Gasteiger partial charge in [-0.2, -0.15) is 8.78 Å².